The molecule has 1 atom stereocenters. The summed E-state index contributed by atoms with van der Waals surface area (Å²) in [5.74, 6) is 1.82. The van der Waals surface area contributed by atoms with Crippen LogP contribution in [0.15, 0.2) is 152 Å². The van der Waals surface area contributed by atoms with E-state index in [0.29, 0.717) is 0 Å². The van der Waals surface area contributed by atoms with Crippen LogP contribution in [0.4, 0.5) is 0 Å². The summed E-state index contributed by atoms with van der Waals surface area (Å²) in [6.45, 7) is 0. The van der Waals surface area contributed by atoms with Gasteiger partial charge >= 0.3 is 5.66 Å². The Morgan fingerprint density at radius 1 is 0.512 bits per heavy atom. The highest BCUT2D eigenvalue weighted by molar-refractivity contribution is 5.89. The molecule has 43 heavy (non-hydrogen) atoms. The van der Waals surface area contributed by atoms with E-state index in [1.165, 1.54) is 55.8 Å². The molecule has 4 nitrogen and oxygen atoms in total. The monoisotopic (exact) mass is 551 g/mol. The first-order valence-electron chi connectivity index (χ1n) is 14.7. The topological polar surface area (TPSA) is 21.9 Å². The van der Waals surface area contributed by atoms with E-state index in [0.717, 1.165) is 17.2 Å². The highest BCUT2D eigenvalue weighted by Crippen LogP contribution is 2.57. The van der Waals surface area contributed by atoms with Crippen LogP contribution in [0.2, 0.25) is 0 Å². The molecule has 0 bridgehead atoms. The van der Waals surface area contributed by atoms with E-state index >= 15 is 0 Å². The fraction of sp³-hybridized carbons (Fsp3) is 0.0256. The van der Waals surface area contributed by atoms with Crippen molar-refractivity contribution in [2.45, 2.75) is 5.66 Å². The summed E-state index contributed by atoms with van der Waals surface area (Å²) in [7, 11) is 0. The molecule has 4 heteroatoms. The van der Waals surface area contributed by atoms with E-state index in [4.69, 9.17) is 4.74 Å². The van der Waals surface area contributed by atoms with Crippen LogP contribution >= 0.6 is 0 Å². The largest absolute Gasteiger partial charge is 0.455 e. The van der Waals surface area contributed by atoms with Crippen LogP contribution in [-0.4, -0.2) is 4.68 Å². The number of rotatable bonds is 3. The first kappa shape index (κ1) is 22.9. The first-order valence-corrected chi connectivity index (χ1v) is 14.7. The second kappa shape index (κ2) is 8.17. The van der Waals surface area contributed by atoms with Crippen LogP contribution in [0, 0.1) is 0 Å². The van der Waals surface area contributed by atoms with Gasteiger partial charge in [-0.3, -0.25) is 0 Å². The van der Waals surface area contributed by atoms with Gasteiger partial charge in [0, 0.05) is 18.2 Å². The lowest BCUT2D eigenvalue weighted by Gasteiger charge is -2.24. The van der Waals surface area contributed by atoms with Crippen molar-refractivity contribution in [3.8, 4) is 61.8 Å². The Bertz CT molecular complexity index is 2250. The Hall–Kier alpha value is -5.74. The van der Waals surface area contributed by atoms with Gasteiger partial charge in [-0.2, -0.15) is 0 Å². The van der Waals surface area contributed by atoms with E-state index in [-0.39, 0.29) is 0 Å². The molecule has 7 aromatic rings. The molecule has 0 saturated heterocycles. The van der Waals surface area contributed by atoms with Gasteiger partial charge in [0.05, 0.1) is 11.8 Å². The number of ether oxygens (including phenoxy) is 1. The maximum Gasteiger partial charge on any atom is 0.447 e. The van der Waals surface area contributed by atoms with Crippen LogP contribution in [-0.2, 0) is 5.66 Å². The molecule has 0 fully saturated rings. The fourth-order valence-corrected chi connectivity index (χ4v) is 7.55. The Morgan fingerprint density at radius 2 is 1.19 bits per heavy atom. The molecule has 0 radical (unpaired) electrons. The van der Waals surface area contributed by atoms with Gasteiger partial charge in [-0.15, -0.1) is 9.25 Å². The van der Waals surface area contributed by atoms with Crippen LogP contribution in [0.25, 0.3) is 50.3 Å². The molecule has 1 unspecified atom stereocenters. The summed E-state index contributed by atoms with van der Waals surface area (Å²) in [4.78, 5) is 0. The zero-order valence-corrected chi connectivity index (χ0v) is 23.2. The molecule has 0 amide bonds. The molecule has 0 N–H and O–H groups in total. The number of nitrogens with zero attached hydrogens (tertiary/aromatic N) is 3. The maximum absolute atomic E-state index is 6.66. The second-order valence-corrected chi connectivity index (χ2v) is 11.4. The SMILES string of the molecule is c1ccc(-c2ccc(-c3ccc(-c4ccc5c6c4-c4cccc[n+]4C64c6c(cccc6-n6ccc[n+]64)O5)cc3)cc2)cc1. The number of aromatic nitrogens is 3. The number of fused-ring (bicyclic) bond motifs is 4. The van der Waals surface area contributed by atoms with Crippen molar-refractivity contribution in [3.63, 3.8) is 0 Å². The Kier molecular flexibility index (Phi) is 4.35. The summed E-state index contributed by atoms with van der Waals surface area (Å²) in [6.07, 6.45) is 6.54. The van der Waals surface area contributed by atoms with Crippen molar-refractivity contribution in [2.24, 2.45) is 0 Å². The Morgan fingerprint density at radius 3 is 1.95 bits per heavy atom. The summed E-state index contributed by atoms with van der Waals surface area (Å²) in [5.41, 5.74) is 12.7. The summed E-state index contributed by atoms with van der Waals surface area (Å²) >= 11 is 0. The van der Waals surface area contributed by atoms with Crippen LogP contribution in [0.5, 0.6) is 11.5 Å². The van der Waals surface area contributed by atoms with Crippen molar-refractivity contribution in [1.82, 2.24) is 4.68 Å². The lowest BCUT2D eigenvalue weighted by atomic mass is 9.84. The lowest BCUT2D eigenvalue weighted by Crippen LogP contribution is -2.73. The molecule has 2 aromatic heterocycles. The highest BCUT2D eigenvalue weighted by Gasteiger charge is 2.72. The van der Waals surface area contributed by atoms with E-state index in [1.807, 2.05) is 0 Å². The van der Waals surface area contributed by atoms with Gasteiger partial charge in [-0.25, -0.2) is 0 Å². The number of hydrogen-bond donors (Lipinski definition) is 0. The third-order valence-corrected chi connectivity index (χ3v) is 9.34. The number of pyridine rings is 1. The average molecular weight is 552 g/mol. The summed E-state index contributed by atoms with van der Waals surface area (Å²) in [5, 5.41) is 0. The lowest BCUT2D eigenvalue weighted by molar-refractivity contribution is -0.988. The molecule has 10 rings (SSSR count). The van der Waals surface area contributed by atoms with Gasteiger partial charge in [0.2, 0.25) is 11.9 Å². The fourth-order valence-electron chi connectivity index (χ4n) is 7.55. The maximum atomic E-state index is 6.66. The van der Waals surface area contributed by atoms with E-state index < -0.39 is 5.66 Å². The molecule has 3 aliphatic heterocycles. The first-order chi connectivity index (χ1) is 21.3. The van der Waals surface area contributed by atoms with Gasteiger partial charge in [0.15, 0.2) is 17.3 Å². The van der Waals surface area contributed by atoms with Gasteiger partial charge in [0.25, 0.3) is 0 Å². The zero-order valence-electron chi connectivity index (χ0n) is 23.2. The molecule has 5 aromatic carbocycles. The standard InChI is InChI=1S/C39H25N3O/c1-2-8-26(9-3-1)27-13-15-28(16-14-27)29-17-19-30(20-18-29)31-21-22-35-38-36(31)32-10-4-5-23-40(32)39(38)37-33(11-6-12-34(37)43-35)41-24-7-25-42(39)41/h1-25H/q+2. The summed E-state index contributed by atoms with van der Waals surface area (Å²) < 4.78 is 13.7. The number of benzene rings is 5. The molecule has 5 heterocycles. The Labute approximate surface area is 248 Å². The minimum atomic E-state index is -0.550. The average Bonchev–Trinajstić information content (AvgIpc) is 3.76. The van der Waals surface area contributed by atoms with Crippen LogP contribution < -0.4 is 14.0 Å². The molecule has 200 valence electrons. The van der Waals surface area contributed by atoms with Gasteiger partial charge < -0.3 is 4.74 Å². The summed E-state index contributed by atoms with van der Waals surface area (Å²) in [6, 6.07) is 47.7. The third-order valence-electron chi connectivity index (χ3n) is 9.34. The van der Waals surface area contributed by atoms with Crippen LogP contribution in [0.1, 0.15) is 11.1 Å². The molecular formula is C39H25N3O+2. The van der Waals surface area contributed by atoms with E-state index in [1.54, 1.807) is 0 Å². The minimum Gasteiger partial charge on any atom is -0.455 e. The predicted octanol–water partition coefficient (Wildman–Crippen LogP) is 7.75. The molecule has 3 aliphatic rings. The van der Waals surface area contributed by atoms with Crippen molar-refractivity contribution in [1.29, 1.82) is 0 Å². The van der Waals surface area contributed by atoms with Crippen molar-refractivity contribution < 1.29 is 14.0 Å². The number of hydrogen-bond acceptors (Lipinski definition) is 1. The molecule has 1 spiro atoms. The third kappa shape index (κ3) is 2.85. The highest BCUT2D eigenvalue weighted by atomic mass is 16.5. The quantitative estimate of drug-likeness (QED) is 0.206. The van der Waals surface area contributed by atoms with Gasteiger partial charge in [-0.1, -0.05) is 84.9 Å². The van der Waals surface area contributed by atoms with Gasteiger partial charge in [0.1, 0.15) is 17.2 Å². The van der Waals surface area contributed by atoms with Crippen molar-refractivity contribution in [3.05, 3.63) is 163 Å². The second-order valence-electron chi connectivity index (χ2n) is 11.4. The van der Waals surface area contributed by atoms with E-state index in [2.05, 4.69) is 166 Å². The van der Waals surface area contributed by atoms with Gasteiger partial charge in [-0.05, 0) is 68.4 Å². The minimum absolute atomic E-state index is 0.550. The predicted molar refractivity (Wildman–Crippen MR) is 166 cm³/mol. The normalized spacial score (nSPS) is 16.2. The van der Waals surface area contributed by atoms with Crippen molar-refractivity contribution in [2.75, 3.05) is 0 Å². The van der Waals surface area contributed by atoms with E-state index in [9.17, 15) is 0 Å². The molecular weight excluding hydrogens is 526 g/mol. The smallest absolute Gasteiger partial charge is 0.447 e. The van der Waals surface area contributed by atoms with Crippen LogP contribution in [0.3, 0.4) is 0 Å². The Balaban J connectivity index is 1.14. The zero-order chi connectivity index (χ0) is 28.1. The molecule has 0 saturated carbocycles. The van der Waals surface area contributed by atoms with Crippen molar-refractivity contribution >= 4 is 0 Å². The molecule has 0 aliphatic carbocycles.